The molecule has 0 radical (unpaired) electrons. The van der Waals surface area contributed by atoms with E-state index in [2.05, 4.69) is 20.2 Å². The fourth-order valence-electron chi connectivity index (χ4n) is 1.03. The average Bonchev–Trinajstić information content (AvgIpc) is 2.68. The fraction of sp³-hybridized carbons (Fsp3) is 0.333. The minimum absolute atomic E-state index is 0.223. The molecule has 0 aliphatic heterocycles. The van der Waals surface area contributed by atoms with Crippen molar-refractivity contribution in [3.63, 3.8) is 0 Å². The van der Waals surface area contributed by atoms with Gasteiger partial charge >= 0.3 is 0 Å². The molecule has 0 amide bonds. The molecule has 7 nitrogen and oxygen atoms in total. The Morgan fingerprint density at radius 2 is 1.62 bits per heavy atom. The van der Waals surface area contributed by atoms with Gasteiger partial charge in [-0.1, -0.05) is 13.8 Å². The van der Waals surface area contributed by atoms with Gasteiger partial charge in [0.05, 0.1) is 0 Å². The van der Waals surface area contributed by atoms with Gasteiger partial charge in [-0.15, -0.1) is 10.2 Å². The summed E-state index contributed by atoms with van der Waals surface area (Å²) < 4.78 is 5.17. The van der Waals surface area contributed by atoms with Crippen LogP contribution >= 0.6 is 0 Å². The first-order chi connectivity index (χ1) is 7.68. The zero-order chi connectivity index (χ0) is 12.1. The average molecular weight is 222 g/mol. The number of nitrogens with two attached hydrogens (primary N) is 2. The van der Waals surface area contributed by atoms with E-state index in [4.69, 9.17) is 15.9 Å². The molecule has 0 unspecified atom stereocenters. The highest BCUT2D eigenvalue weighted by Gasteiger charge is 2.14. The molecule has 0 saturated heterocycles. The van der Waals surface area contributed by atoms with Crippen molar-refractivity contribution < 1.29 is 4.42 Å². The van der Waals surface area contributed by atoms with Crippen molar-refractivity contribution in [2.24, 2.45) is 0 Å². The van der Waals surface area contributed by atoms with Gasteiger partial charge in [-0.2, -0.15) is 0 Å². The topological polar surface area (TPSA) is 117 Å². The molecular formula is C9H14N6O. The second-order valence-corrected chi connectivity index (χ2v) is 2.65. The molecule has 0 atom stereocenters. The molecule has 2 rings (SSSR count). The van der Waals surface area contributed by atoms with Crippen molar-refractivity contribution >= 4 is 11.6 Å². The van der Waals surface area contributed by atoms with Crippen molar-refractivity contribution in [2.75, 3.05) is 11.5 Å². The third kappa shape index (κ3) is 2.25. The van der Waals surface area contributed by atoms with Gasteiger partial charge in [0.15, 0.2) is 0 Å². The summed E-state index contributed by atoms with van der Waals surface area (Å²) >= 11 is 0. The first kappa shape index (κ1) is 11.9. The lowest BCUT2D eigenvalue weighted by molar-refractivity contribution is 0.533. The summed E-state index contributed by atoms with van der Waals surface area (Å²) in [6.07, 6.45) is 1.28. The lowest BCUT2D eigenvalue weighted by Crippen LogP contribution is -2.01. The van der Waals surface area contributed by atoms with Crippen LogP contribution in [-0.2, 0) is 0 Å². The Morgan fingerprint density at radius 3 is 2.06 bits per heavy atom. The zero-order valence-corrected chi connectivity index (χ0v) is 9.43. The molecule has 0 saturated carbocycles. The Hall–Kier alpha value is -2.18. The maximum Gasteiger partial charge on any atom is 0.255 e. The Bertz CT molecular complexity index is 447. The van der Waals surface area contributed by atoms with E-state index in [1.54, 1.807) is 6.92 Å². The van der Waals surface area contributed by atoms with Crippen LogP contribution in [-0.4, -0.2) is 20.2 Å². The molecule has 0 aromatic carbocycles. The molecule has 2 aromatic heterocycles. The second-order valence-electron chi connectivity index (χ2n) is 2.65. The Labute approximate surface area is 92.9 Å². The molecule has 4 N–H and O–H groups in total. The Balaban J connectivity index is 0.000000606. The summed E-state index contributed by atoms with van der Waals surface area (Å²) in [5.74, 6) is 1.11. The normalized spacial score (nSPS) is 9.44. The van der Waals surface area contributed by atoms with Crippen LogP contribution in [0.2, 0.25) is 0 Å². The second kappa shape index (κ2) is 5.06. The van der Waals surface area contributed by atoms with Gasteiger partial charge in [-0.25, -0.2) is 9.97 Å². The van der Waals surface area contributed by atoms with E-state index >= 15 is 0 Å². The quantitative estimate of drug-likeness (QED) is 0.739. The maximum absolute atomic E-state index is 5.60. The minimum atomic E-state index is 0.223. The van der Waals surface area contributed by atoms with Gasteiger partial charge in [-0.3, -0.25) is 0 Å². The molecule has 2 heterocycles. The summed E-state index contributed by atoms with van der Waals surface area (Å²) in [6.45, 7) is 5.67. The highest BCUT2D eigenvalue weighted by atomic mass is 16.4. The van der Waals surface area contributed by atoms with E-state index in [0.717, 1.165) is 0 Å². The first-order valence-electron chi connectivity index (χ1n) is 4.85. The van der Waals surface area contributed by atoms with Crippen molar-refractivity contribution in [2.45, 2.75) is 20.8 Å². The summed E-state index contributed by atoms with van der Waals surface area (Å²) in [7, 11) is 0. The molecule has 0 fully saturated rings. The van der Waals surface area contributed by atoms with E-state index in [0.29, 0.717) is 11.5 Å². The van der Waals surface area contributed by atoms with Crippen LogP contribution in [0.5, 0.6) is 0 Å². The summed E-state index contributed by atoms with van der Waals surface area (Å²) in [5, 5.41) is 7.44. The summed E-state index contributed by atoms with van der Waals surface area (Å²) in [5.41, 5.74) is 11.6. The number of aryl methyl sites for hydroxylation is 1. The summed E-state index contributed by atoms with van der Waals surface area (Å²) in [6, 6.07) is 0. The van der Waals surface area contributed by atoms with Gasteiger partial charge in [0.25, 0.3) is 5.89 Å². The van der Waals surface area contributed by atoms with Crippen molar-refractivity contribution in [3.8, 4) is 11.5 Å². The lowest BCUT2D eigenvalue weighted by atomic mass is 10.3. The van der Waals surface area contributed by atoms with Gasteiger partial charge in [0.1, 0.15) is 23.5 Å². The van der Waals surface area contributed by atoms with Gasteiger partial charge < -0.3 is 15.9 Å². The van der Waals surface area contributed by atoms with E-state index in [-0.39, 0.29) is 17.5 Å². The number of nitrogens with zero attached hydrogens (tertiary/aromatic N) is 4. The highest BCUT2D eigenvalue weighted by Crippen LogP contribution is 2.26. The Morgan fingerprint density at radius 1 is 1.06 bits per heavy atom. The molecule has 86 valence electrons. The predicted molar refractivity (Wildman–Crippen MR) is 60.2 cm³/mol. The molecule has 0 aliphatic carbocycles. The third-order valence-electron chi connectivity index (χ3n) is 1.65. The van der Waals surface area contributed by atoms with Crippen LogP contribution in [0.3, 0.4) is 0 Å². The molecule has 0 spiro atoms. The van der Waals surface area contributed by atoms with E-state index < -0.39 is 0 Å². The largest absolute Gasteiger partial charge is 0.421 e. The SMILES string of the molecule is CC.Cc1nnc(-c2c(N)ncnc2N)o1. The number of hydrogen-bond acceptors (Lipinski definition) is 7. The minimum Gasteiger partial charge on any atom is -0.421 e. The van der Waals surface area contributed by atoms with Crippen molar-refractivity contribution in [3.05, 3.63) is 12.2 Å². The fourth-order valence-corrected chi connectivity index (χ4v) is 1.03. The molecule has 0 aliphatic rings. The van der Waals surface area contributed by atoms with Crippen LogP contribution in [0.15, 0.2) is 10.7 Å². The van der Waals surface area contributed by atoms with Gasteiger partial charge in [0.2, 0.25) is 5.89 Å². The molecule has 7 heteroatoms. The van der Waals surface area contributed by atoms with E-state index in [1.807, 2.05) is 13.8 Å². The zero-order valence-electron chi connectivity index (χ0n) is 9.43. The van der Waals surface area contributed by atoms with Crippen LogP contribution < -0.4 is 11.5 Å². The molecular weight excluding hydrogens is 208 g/mol. The number of rotatable bonds is 1. The van der Waals surface area contributed by atoms with Crippen molar-refractivity contribution in [1.82, 2.24) is 20.2 Å². The van der Waals surface area contributed by atoms with E-state index in [9.17, 15) is 0 Å². The summed E-state index contributed by atoms with van der Waals surface area (Å²) in [4.78, 5) is 7.57. The van der Waals surface area contributed by atoms with Gasteiger partial charge in [0, 0.05) is 6.92 Å². The smallest absolute Gasteiger partial charge is 0.255 e. The van der Waals surface area contributed by atoms with Crippen LogP contribution in [0, 0.1) is 6.92 Å². The molecule has 0 bridgehead atoms. The number of aromatic nitrogens is 4. The predicted octanol–water partition coefficient (Wildman–Crippen LogP) is 1.03. The Kier molecular flexibility index (Phi) is 3.76. The highest BCUT2D eigenvalue weighted by molar-refractivity contribution is 5.76. The number of nitrogen functional groups attached to an aromatic ring is 2. The monoisotopic (exact) mass is 222 g/mol. The molecule has 16 heavy (non-hydrogen) atoms. The van der Waals surface area contributed by atoms with Crippen LogP contribution in [0.25, 0.3) is 11.5 Å². The van der Waals surface area contributed by atoms with Crippen LogP contribution in [0.4, 0.5) is 11.6 Å². The number of hydrogen-bond donors (Lipinski definition) is 2. The standard InChI is InChI=1S/C7H8N6O.C2H6/c1-3-12-13-7(14-3)4-5(8)10-2-11-6(4)9;1-2/h2H,1H3,(H4,8,9,10,11);1-2H3. The third-order valence-corrected chi connectivity index (χ3v) is 1.65. The van der Waals surface area contributed by atoms with Crippen LogP contribution in [0.1, 0.15) is 19.7 Å². The van der Waals surface area contributed by atoms with Gasteiger partial charge in [-0.05, 0) is 0 Å². The first-order valence-corrected chi connectivity index (χ1v) is 4.85. The molecule has 2 aromatic rings. The lowest BCUT2D eigenvalue weighted by Gasteiger charge is -2.01. The van der Waals surface area contributed by atoms with E-state index in [1.165, 1.54) is 6.33 Å². The maximum atomic E-state index is 5.60. The van der Waals surface area contributed by atoms with Crippen molar-refractivity contribution in [1.29, 1.82) is 0 Å². The number of anilines is 2.